The summed E-state index contributed by atoms with van der Waals surface area (Å²) in [5, 5.41) is 7.97. The van der Waals surface area contributed by atoms with Crippen LogP contribution in [0.15, 0.2) is 18.3 Å². The third-order valence-electron chi connectivity index (χ3n) is 1.27. The van der Waals surface area contributed by atoms with Crippen LogP contribution in [0.5, 0.6) is 0 Å². The molecule has 0 aromatic carbocycles. The zero-order valence-corrected chi connectivity index (χ0v) is 11.0. The number of hydrogen-bond acceptors (Lipinski definition) is 2. The molecule has 0 atom stereocenters. The third-order valence-corrected chi connectivity index (χ3v) is 1.48. The topological polar surface area (TPSA) is 41.6 Å². The molecule has 0 bridgehead atoms. The summed E-state index contributed by atoms with van der Waals surface area (Å²) in [5.74, 6) is 0. The Morgan fingerprint density at radius 3 is 2.83 bits per heavy atom. The molecular formula is C6H4ClN3VY. The van der Waals surface area contributed by atoms with Crippen molar-refractivity contribution in [1.82, 2.24) is 15.2 Å². The average Bonchev–Trinajstić information content (AvgIpc) is 2.33. The number of nitrogens with zero attached hydrogens (tertiary/aromatic N) is 2. The molecule has 0 spiro atoms. The molecule has 6 heteroatoms. The molecule has 0 amide bonds. The van der Waals surface area contributed by atoms with Crippen molar-refractivity contribution in [2.75, 3.05) is 0 Å². The van der Waals surface area contributed by atoms with Crippen LogP contribution in [0, 0.1) is 0 Å². The molecular weight excluding hydrogens is 289 g/mol. The van der Waals surface area contributed by atoms with Crippen molar-refractivity contribution in [1.29, 1.82) is 0 Å². The Labute approximate surface area is 111 Å². The number of halogens is 1. The molecule has 3 nitrogen and oxygen atoms in total. The fraction of sp³-hybridized carbons (Fsp3) is 0. The molecule has 1 N–H and O–H groups in total. The minimum atomic E-state index is 0. The maximum Gasteiger partial charge on any atom is 0.156 e. The number of nitrogens with one attached hydrogen (secondary N) is 1. The molecule has 2 heterocycles. The Bertz CT molecular complexity index is 364. The molecule has 58 valence electrons. The van der Waals surface area contributed by atoms with Gasteiger partial charge in [-0.15, -0.1) is 0 Å². The van der Waals surface area contributed by atoms with E-state index in [1.165, 1.54) is 0 Å². The molecule has 0 saturated heterocycles. The van der Waals surface area contributed by atoms with Crippen LogP contribution >= 0.6 is 11.6 Å². The quantitative estimate of drug-likeness (QED) is 0.750. The van der Waals surface area contributed by atoms with E-state index in [1.807, 2.05) is 6.07 Å². The van der Waals surface area contributed by atoms with E-state index in [-0.39, 0.29) is 51.3 Å². The van der Waals surface area contributed by atoms with E-state index in [4.69, 9.17) is 11.6 Å². The number of aromatic nitrogens is 3. The largest absolute Gasteiger partial charge is 0.261 e. The molecule has 0 aliphatic carbocycles. The smallest absolute Gasteiger partial charge is 0.156 e. The second kappa shape index (κ2) is 5.35. The summed E-state index contributed by atoms with van der Waals surface area (Å²) in [4.78, 5) is 3.98. The van der Waals surface area contributed by atoms with E-state index in [1.54, 1.807) is 12.3 Å². The summed E-state index contributed by atoms with van der Waals surface area (Å²) >= 11 is 5.62. The van der Waals surface area contributed by atoms with Gasteiger partial charge in [-0.3, -0.25) is 5.10 Å². The van der Waals surface area contributed by atoms with Gasteiger partial charge in [0, 0.05) is 56.7 Å². The van der Waals surface area contributed by atoms with E-state index < -0.39 is 0 Å². The molecule has 12 heavy (non-hydrogen) atoms. The molecule has 0 aliphatic rings. The maximum atomic E-state index is 5.62. The fourth-order valence-electron chi connectivity index (χ4n) is 0.803. The van der Waals surface area contributed by atoms with Gasteiger partial charge in [0.25, 0.3) is 0 Å². The first-order chi connectivity index (χ1) is 4.86. The predicted octanol–water partition coefficient (Wildman–Crippen LogP) is 1.61. The SMILES string of the molecule is Clc1ccc2cn[nH]c2n1.[V].[Y]. The minimum Gasteiger partial charge on any atom is -0.261 e. The van der Waals surface area contributed by atoms with Gasteiger partial charge in [0.05, 0.1) is 6.20 Å². The van der Waals surface area contributed by atoms with E-state index in [2.05, 4.69) is 15.2 Å². The van der Waals surface area contributed by atoms with Crippen LogP contribution in [0.25, 0.3) is 11.0 Å². The summed E-state index contributed by atoms with van der Waals surface area (Å²) in [6, 6.07) is 3.60. The summed E-state index contributed by atoms with van der Waals surface area (Å²) < 4.78 is 0. The number of hydrogen-bond donors (Lipinski definition) is 1. The Kier molecular flexibility index (Phi) is 5.62. The van der Waals surface area contributed by atoms with Crippen molar-refractivity contribution in [2.24, 2.45) is 0 Å². The summed E-state index contributed by atoms with van der Waals surface area (Å²) in [6.07, 6.45) is 1.71. The number of H-pyrrole nitrogens is 1. The average molecular weight is 293 g/mol. The van der Waals surface area contributed by atoms with Crippen LogP contribution in [0.2, 0.25) is 5.15 Å². The van der Waals surface area contributed by atoms with E-state index >= 15 is 0 Å². The van der Waals surface area contributed by atoms with Gasteiger partial charge in [-0.25, -0.2) is 4.98 Å². The molecule has 0 saturated carbocycles. The van der Waals surface area contributed by atoms with Gasteiger partial charge in [0.15, 0.2) is 5.65 Å². The van der Waals surface area contributed by atoms with Gasteiger partial charge < -0.3 is 0 Å². The van der Waals surface area contributed by atoms with Gasteiger partial charge in [-0.1, -0.05) is 11.6 Å². The van der Waals surface area contributed by atoms with Crippen molar-refractivity contribution >= 4 is 22.6 Å². The first-order valence-electron chi connectivity index (χ1n) is 2.82. The Hall–Kier alpha value is 0.598. The van der Waals surface area contributed by atoms with Gasteiger partial charge in [-0.2, -0.15) is 5.10 Å². The summed E-state index contributed by atoms with van der Waals surface area (Å²) in [6.45, 7) is 0. The fourth-order valence-corrected chi connectivity index (χ4v) is 0.950. The zero-order valence-electron chi connectivity index (χ0n) is 6.03. The molecule has 2 aromatic heterocycles. The van der Waals surface area contributed by atoms with Crippen molar-refractivity contribution < 1.29 is 51.3 Å². The van der Waals surface area contributed by atoms with E-state index in [0.717, 1.165) is 11.0 Å². The second-order valence-electron chi connectivity index (χ2n) is 1.94. The number of fused-ring (bicyclic) bond motifs is 1. The van der Waals surface area contributed by atoms with Gasteiger partial charge in [-0.05, 0) is 12.1 Å². The van der Waals surface area contributed by atoms with Crippen LogP contribution in [0.4, 0.5) is 0 Å². The number of aromatic amines is 1. The van der Waals surface area contributed by atoms with Crippen molar-refractivity contribution in [2.45, 2.75) is 0 Å². The van der Waals surface area contributed by atoms with Gasteiger partial charge in [0.2, 0.25) is 0 Å². The van der Waals surface area contributed by atoms with Crippen LogP contribution in [0.1, 0.15) is 0 Å². The van der Waals surface area contributed by atoms with Crippen molar-refractivity contribution in [3.8, 4) is 0 Å². The number of pyridine rings is 1. The summed E-state index contributed by atoms with van der Waals surface area (Å²) in [5.41, 5.74) is 0.729. The molecule has 2 aromatic rings. The van der Waals surface area contributed by atoms with Crippen LogP contribution in [0.3, 0.4) is 0 Å². The maximum absolute atomic E-state index is 5.62. The van der Waals surface area contributed by atoms with E-state index in [0.29, 0.717) is 5.15 Å². The van der Waals surface area contributed by atoms with Gasteiger partial charge >= 0.3 is 0 Å². The Balaban J connectivity index is 0.000000605. The van der Waals surface area contributed by atoms with Crippen molar-refractivity contribution in [3.63, 3.8) is 0 Å². The Morgan fingerprint density at radius 1 is 1.33 bits per heavy atom. The molecule has 0 aliphatic heterocycles. The zero-order chi connectivity index (χ0) is 6.97. The Morgan fingerprint density at radius 2 is 2.08 bits per heavy atom. The van der Waals surface area contributed by atoms with Gasteiger partial charge in [0.1, 0.15) is 5.15 Å². The molecule has 2 rings (SSSR count). The summed E-state index contributed by atoms with van der Waals surface area (Å²) in [7, 11) is 0. The van der Waals surface area contributed by atoms with Crippen LogP contribution in [-0.2, 0) is 51.3 Å². The standard InChI is InChI=1S/C6H4ClN3.V.Y/c7-5-2-1-4-3-8-10-6(4)9-5;;/h1-3H,(H,8,9,10);;. The first kappa shape index (κ1) is 12.6. The van der Waals surface area contributed by atoms with Crippen LogP contribution < -0.4 is 0 Å². The molecule has 0 unspecified atom stereocenters. The second-order valence-corrected chi connectivity index (χ2v) is 2.33. The minimum absolute atomic E-state index is 0. The van der Waals surface area contributed by atoms with Crippen molar-refractivity contribution in [3.05, 3.63) is 23.5 Å². The monoisotopic (exact) mass is 293 g/mol. The normalized spacial score (nSPS) is 8.75. The first-order valence-corrected chi connectivity index (χ1v) is 3.20. The molecule has 2 radical (unpaired) electrons. The van der Waals surface area contributed by atoms with Crippen LogP contribution in [-0.4, -0.2) is 15.2 Å². The molecule has 0 fully saturated rings. The number of rotatable bonds is 0. The third kappa shape index (κ3) is 2.54. The predicted molar refractivity (Wildman–Crippen MR) is 38.9 cm³/mol. The van der Waals surface area contributed by atoms with E-state index in [9.17, 15) is 0 Å².